The van der Waals surface area contributed by atoms with Crippen LogP contribution in [-0.2, 0) is 9.53 Å². The highest BCUT2D eigenvalue weighted by Gasteiger charge is 2.03. The van der Waals surface area contributed by atoms with E-state index >= 15 is 0 Å². The highest BCUT2D eigenvalue weighted by atomic mass is 127. The Labute approximate surface area is 123 Å². The maximum absolute atomic E-state index is 10.8. The Morgan fingerprint density at radius 1 is 1.28 bits per heavy atom. The molecule has 0 aliphatic carbocycles. The Bertz CT molecular complexity index is 449. The maximum atomic E-state index is 10.8. The van der Waals surface area contributed by atoms with Crippen molar-refractivity contribution in [3.8, 4) is 5.75 Å². The molecule has 0 aromatic heterocycles. The Morgan fingerprint density at radius 2 is 2.00 bits per heavy atom. The molecule has 0 unspecified atom stereocenters. The number of carboxylic acid groups (broad SMARTS) is 1. The van der Waals surface area contributed by atoms with Crippen LogP contribution >= 0.6 is 35.2 Å². The van der Waals surface area contributed by atoms with Gasteiger partial charge in [-0.25, -0.2) is 0 Å². The number of benzene rings is 1. The fourth-order valence-corrected chi connectivity index (χ4v) is 1.86. The Hall–Kier alpha value is -0.960. The van der Waals surface area contributed by atoms with Gasteiger partial charge in [-0.3, -0.25) is 4.79 Å². The van der Waals surface area contributed by atoms with Crippen molar-refractivity contribution in [1.29, 1.82) is 0 Å². The first kappa shape index (κ1) is 15.1. The van der Waals surface area contributed by atoms with Gasteiger partial charge in [0.2, 0.25) is 0 Å². The number of ether oxygens (including phenoxy) is 2. The second kappa shape index (κ2) is 7.47. The number of carboxylic acids is 1. The van der Waals surface area contributed by atoms with E-state index in [1.165, 1.54) is 12.1 Å². The summed E-state index contributed by atoms with van der Waals surface area (Å²) in [6.45, 7) is 0.234. The van der Waals surface area contributed by atoms with Gasteiger partial charge in [0.15, 0.2) is 0 Å². The molecule has 0 spiro atoms. The van der Waals surface area contributed by atoms with E-state index in [1.54, 1.807) is 6.07 Å². The zero-order valence-electron chi connectivity index (χ0n) is 9.22. The number of esters is 1. The summed E-state index contributed by atoms with van der Waals surface area (Å²) in [7, 11) is 0. The minimum atomic E-state index is -1.26. The van der Waals surface area contributed by atoms with E-state index in [4.69, 9.17) is 9.47 Å². The fourth-order valence-electron chi connectivity index (χ4n) is 1.12. The quantitative estimate of drug-likeness (QED) is 0.336. The van der Waals surface area contributed by atoms with Gasteiger partial charge in [-0.15, -0.1) is 0 Å². The molecule has 0 atom stereocenters. The largest absolute Gasteiger partial charge is 0.545 e. The van der Waals surface area contributed by atoms with Crippen molar-refractivity contribution >= 4 is 47.2 Å². The molecule has 0 N–H and O–H groups in total. The van der Waals surface area contributed by atoms with E-state index in [2.05, 4.69) is 12.6 Å². The van der Waals surface area contributed by atoms with Gasteiger partial charge in [0.1, 0.15) is 19.0 Å². The van der Waals surface area contributed by atoms with Crippen LogP contribution < -0.4 is 9.84 Å². The normalized spacial score (nSPS) is 9.89. The molecule has 0 aliphatic rings. The lowest BCUT2D eigenvalue weighted by Gasteiger charge is -2.10. The highest BCUT2D eigenvalue weighted by Crippen LogP contribution is 2.18. The molecular weight excluding hydrogens is 371 g/mol. The topological polar surface area (TPSA) is 75.7 Å². The van der Waals surface area contributed by atoms with Gasteiger partial charge in [0.25, 0.3) is 0 Å². The summed E-state index contributed by atoms with van der Waals surface area (Å²) in [6, 6.07) is 4.51. The minimum Gasteiger partial charge on any atom is -0.545 e. The third-order valence-corrected chi connectivity index (χ3v) is 2.73. The van der Waals surface area contributed by atoms with Gasteiger partial charge in [-0.2, -0.15) is 12.6 Å². The molecule has 18 heavy (non-hydrogen) atoms. The molecule has 0 radical (unpaired) electrons. The number of halogens is 1. The number of thiol groups is 1. The molecule has 1 aromatic carbocycles. The predicted octanol–water partition coefficient (Wildman–Crippen LogP) is 0.507. The molecule has 0 saturated carbocycles. The lowest BCUT2D eigenvalue weighted by atomic mass is 10.2. The first-order chi connectivity index (χ1) is 8.52. The van der Waals surface area contributed by atoms with E-state index in [-0.39, 0.29) is 24.5 Å². The zero-order valence-corrected chi connectivity index (χ0v) is 12.3. The average molecular weight is 381 g/mol. The summed E-state index contributed by atoms with van der Waals surface area (Å²) in [5, 5.41) is 10.7. The second-order valence-corrected chi connectivity index (χ2v) is 4.75. The van der Waals surface area contributed by atoms with Gasteiger partial charge >= 0.3 is 5.97 Å². The SMILES string of the molecule is O=C(CS)OCCOc1cc(I)cc(C(=O)[O-])c1. The average Bonchev–Trinajstić information content (AvgIpc) is 2.33. The van der Waals surface area contributed by atoms with Crippen molar-refractivity contribution in [3.05, 3.63) is 27.3 Å². The number of hydrogen-bond donors (Lipinski definition) is 1. The fraction of sp³-hybridized carbons (Fsp3) is 0.273. The summed E-state index contributed by atoms with van der Waals surface area (Å²) in [6.07, 6.45) is 0. The molecule has 0 amide bonds. The molecule has 0 aliphatic heterocycles. The first-order valence-electron chi connectivity index (χ1n) is 4.94. The number of hydrogen-bond acceptors (Lipinski definition) is 6. The van der Waals surface area contributed by atoms with Crippen molar-refractivity contribution in [1.82, 2.24) is 0 Å². The first-order valence-corrected chi connectivity index (χ1v) is 6.65. The summed E-state index contributed by atoms with van der Waals surface area (Å²) in [5.41, 5.74) is 0.0456. The minimum absolute atomic E-state index is 0.0120. The van der Waals surface area contributed by atoms with Crippen LogP contribution in [0.1, 0.15) is 10.4 Å². The zero-order chi connectivity index (χ0) is 13.5. The van der Waals surface area contributed by atoms with Crippen molar-refractivity contribution < 1.29 is 24.2 Å². The van der Waals surface area contributed by atoms with Crippen molar-refractivity contribution in [2.75, 3.05) is 19.0 Å². The molecular formula is C11H10IO5S-. The standard InChI is InChI=1S/C11H11IO5S/c12-8-3-7(11(14)15)4-9(5-8)16-1-2-17-10(13)6-18/h3-5,18H,1-2,6H2,(H,14,15)/p-1. The van der Waals surface area contributed by atoms with E-state index in [0.717, 1.165) is 3.57 Å². The lowest BCUT2D eigenvalue weighted by Crippen LogP contribution is -2.22. The second-order valence-electron chi connectivity index (χ2n) is 3.19. The van der Waals surface area contributed by atoms with E-state index in [1.807, 2.05) is 22.6 Å². The third-order valence-electron chi connectivity index (χ3n) is 1.85. The number of carbonyl (C=O) groups excluding carboxylic acids is 2. The number of aromatic carboxylic acids is 1. The van der Waals surface area contributed by atoms with Gasteiger partial charge < -0.3 is 19.4 Å². The van der Waals surface area contributed by atoms with Crippen LogP contribution in [0.5, 0.6) is 5.75 Å². The van der Waals surface area contributed by atoms with Crippen LogP contribution in [0.25, 0.3) is 0 Å². The van der Waals surface area contributed by atoms with E-state index in [0.29, 0.717) is 5.75 Å². The van der Waals surface area contributed by atoms with Crippen LogP contribution in [0.2, 0.25) is 0 Å². The van der Waals surface area contributed by atoms with Gasteiger partial charge in [-0.1, -0.05) is 0 Å². The molecule has 0 saturated heterocycles. The Kier molecular flexibility index (Phi) is 6.27. The molecule has 0 fully saturated rings. The van der Waals surface area contributed by atoms with Crippen LogP contribution in [-0.4, -0.2) is 30.9 Å². The molecule has 7 heteroatoms. The van der Waals surface area contributed by atoms with Gasteiger partial charge in [0, 0.05) is 9.13 Å². The maximum Gasteiger partial charge on any atom is 0.315 e. The van der Waals surface area contributed by atoms with Crippen LogP contribution in [0.4, 0.5) is 0 Å². The van der Waals surface area contributed by atoms with Crippen molar-refractivity contribution in [3.63, 3.8) is 0 Å². The van der Waals surface area contributed by atoms with E-state index in [9.17, 15) is 14.7 Å². The van der Waals surface area contributed by atoms with Gasteiger partial charge in [-0.05, 0) is 40.8 Å². The summed E-state index contributed by atoms with van der Waals surface area (Å²) in [5.74, 6) is -1.29. The molecule has 1 aromatic rings. The molecule has 98 valence electrons. The monoisotopic (exact) mass is 381 g/mol. The lowest BCUT2D eigenvalue weighted by molar-refractivity contribution is -0.255. The van der Waals surface area contributed by atoms with Crippen LogP contribution in [0.3, 0.4) is 0 Å². The van der Waals surface area contributed by atoms with E-state index < -0.39 is 11.9 Å². The molecule has 1 rings (SSSR count). The van der Waals surface area contributed by atoms with Crippen molar-refractivity contribution in [2.45, 2.75) is 0 Å². The van der Waals surface area contributed by atoms with Crippen LogP contribution in [0, 0.1) is 3.57 Å². The molecule has 5 nitrogen and oxygen atoms in total. The highest BCUT2D eigenvalue weighted by molar-refractivity contribution is 14.1. The number of carbonyl (C=O) groups is 2. The third kappa shape index (κ3) is 5.13. The van der Waals surface area contributed by atoms with Gasteiger partial charge in [0.05, 0.1) is 11.7 Å². The Balaban J connectivity index is 2.52. The van der Waals surface area contributed by atoms with Crippen LogP contribution in [0.15, 0.2) is 18.2 Å². The summed E-state index contributed by atoms with van der Waals surface area (Å²) < 4.78 is 10.7. The smallest absolute Gasteiger partial charge is 0.315 e. The number of rotatable bonds is 6. The summed E-state index contributed by atoms with van der Waals surface area (Å²) >= 11 is 5.72. The molecule has 0 heterocycles. The Morgan fingerprint density at radius 3 is 2.61 bits per heavy atom. The molecule has 0 bridgehead atoms. The van der Waals surface area contributed by atoms with Crippen molar-refractivity contribution in [2.24, 2.45) is 0 Å². The summed E-state index contributed by atoms with van der Waals surface area (Å²) in [4.78, 5) is 21.5. The predicted molar refractivity (Wildman–Crippen MR) is 73.8 cm³/mol.